The minimum absolute atomic E-state index is 0.237. The van der Waals surface area contributed by atoms with E-state index in [1.165, 1.54) is 14.2 Å². The molecule has 0 aromatic heterocycles. The molecule has 0 unspecified atom stereocenters. The van der Waals surface area contributed by atoms with Crippen LogP contribution in [0.15, 0.2) is 46.8 Å². The largest absolute Gasteiger partial charge is 0.482 e. The number of para-hydroxylation sites is 1. The van der Waals surface area contributed by atoms with Crippen LogP contribution in [-0.2, 0) is 28.6 Å². The van der Waals surface area contributed by atoms with E-state index in [0.29, 0.717) is 22.7 Å². The molecular formula is C21H25NO7. The second-order valence-electron chi connectivity index (χ2n) is 6.25. The van der Waals surface area contributed by atoms with Gasteiger partial charge in [-0.2, -0.15) is 0 Å². The summed E-state index contributed by atoms with van der Waals surface area (Å²) in [6, 6.07) is 6.87. The zero-order valence-corrected chi connectivity index (χ0v) is 17.2. The normalized spacial score (nSPS) is 14.2. The SMILES string of the molecule is CCOC(=O)COc1ccccc1C1C(C(=O)OC)=C(C)NC(C)=C1C(=O)OC. The molecule has 1 aliphatic heterocycles. The van der Waals surface area contributed by atoms with Crippen LogP contribution in [0.4, 0.5) is 0 Å². The van der Waals surface area contributed by atoms with Crippen molar-refractivity contribution >= 4 is 17.9 Å². The Labute approximate surface area is 169 Å². The molecule has 0 fully saturated rings. The monoisotopic (exact) mass is 403 g/mol. The van der Waals surface area contributed by atoms with Gasteiger partial charge in [-0.3, -0.25) is 0 Å². The van der Waals surface area contributed by atoms with E-state index in [0.717, 1.165) is 0 Å². The quantitative estimate of drug-likeness (QED) is 0.546. The Kier molecular flexibility index (Phi) is 7.41. The summed E-state index contributed by atoms with van der Waals surface area (Å²) in [6.07, 6.45) is 0. The molecular weight excluding hydrogens is 378 g/mol. The third-order valence-electron chi connectivity index (χ3n) is 4.45. The van der Waals surface area contributed by atoms with Gasteiger partial charge in [0.05, 0.1) is 37.9 Å². The van der Waals surface area contributed by atoms with Gasteiger partial charge in [-0.15, -0.1) is 0 Å². The molecule has 8 heteroatoms. The smallest absolute Gasteiger partial charge is 0.344 e. The van der Waals surface area contributed by atoms with Crippen molar-refractivity contribution < 1.29 is 33.3 Å². The summed E-state index contributed by atoms with van der Waals surface area (Å²) < 4.78 is 20.5. The van der Waals surface area contributed by atoms with Crippen molar-refractivity contribution in [3.8, 4) is 5.75 Å². The number of carbonyl (C=O) groups excluding carboxylic acids is 3. The molecule has 1 aromatic carbocycles. The fourth-order valence-electron chi connectivity index (χ4n) is 3.26. The van der Waals surface area contributed by atoms with Gasteiger partial charge in [-0.1, -0.05) is 18.2 Å². The second kappa shape index (κ2) is 9.77. The van der Waals surface area contributed by atoms with E-state index in [1.807, 2.05) is 0 Å². The molecule has 8 nitrogen and oxygen atoms in total. The Hall–Kier alpha value is -3.29. The minimum Gasteiger partial charge on any atom is -0.482 e. The molecule has 1 heterocycles. The van der Waals surface area contributed by atoms with E-state index in [-0.39, 0.29) is 24.4 Å². The Balaban J connectivity index is 2.59. The van der Waals surface area contributed by atoms with E-state index in [1.54, 1.807) is 45.0 Å². The maximum absolute atomic E-state index is 12.6. The van der Waals surface area contributed by atoms with Crippen molar-refractivity contribution in [2.45, 2.75) is 26.7 Å². The molecule has 156 valence electrons. The minimum atomic E-state index is -0.797. The lowest BCUT2D eigenvalue weighted by Gasteiger charge is -2.30. The van der Waals surface area contributed by atoms with E-state index in [2.05, 4.69) is 5.32 Å². The number of allylic oxidation sites excluding steroid dienone is 2. The summed E-state index contributed by atoms with van der Waals surface area (Å²) >= 11 is 0. The van der Waals surface area contributed by atoms with Crippen LogP contribution in [0.1, 0.15) is 32.3 Å². The number of nitrogens with one attached hydrogen (secondary N) is 1. The first-order chi connectivity index (χ1) is 13.8. The Bertz CT molecular complexity index is 832. The highest BCUT2D eigenvalue weighted by Crippen LogP contribution is 2.42. The van der Waals surface area contributed by atoms with Crippen molar-refractivity contribution in [2.75, 3.05) is 27.4 Å². The third-order valence-corrected chi connectivity index (χ3v) is 4.45. The number of rotatable bonds is 7. The Morgan fingerprint density at radius 2 is 1.52 bits per heavy atom. The topological polar surface area (TPSA) is 100 Å². The van der Waals surface area contributed by atoms with Gasteiger partial charge < -0.3 is 24.3 Å². The molecule has 0 spiro atoms. The van der Waals surface area contributed by atoms with Crippen LogP contribution in [0.3, 0.4) is 0 Å². The number of ether oxygens (including phenoxy) is 4. The van der Waals surface area contributed by atoms with E-state index in [9.17, 15) is 14.4 Å². The number of hydrogen-bond acceptors (Lipinski definition) is 8. The van der Waals surface area contributed by atoms with Gasteiger partial charge in [0.15, 0.2) is 6.61 Å². The van der Waals surface area contributed by atoms with Gasteiger partial charge in [-0.25, -0.2) is 14.4 Å². The van der Waals surface area contributed by atoms with E-state index in [4.69, 9.17) is 18.9 Å². The summed E-state index contributed by atoms with van der Waals surface area (Å²) in [6.45, 7) is 5.08. The maximum atomic E-state index is 12.6. The van der Waals surface area contributed by atoms with Crippen LogP contribution >= 0.6 is 0 Å². The van der Waals surface area contributed by atoms with Crippen molar-refractivity contribution in [3.05, 3.63) is 52.4 Å². The first-order valence-electron chi connectivity index (χ1n) is 9.08. The van der Waals surface area contributed by atoms with Gasteiger partial charge in [0, 0.05) is 17.0 Å². The van der Waals surface area contributed by atoms with Gasteiger partial charge >= 0.3 is 17.9 Å². The molecule has 1 N–H and O–H groups in total. The lowest BCUT2D eigenvalue weighted by molar-refractivity contribution is -0.145. The van der Waals surface area contributed by atoms with E-state index < -0.39 is 23.8 Å². The summed E-state index contributed by atoms with van der Waals surface area (Å²) in [5.74, 6) is -2.15. The van der Waals surface area contributed by atoms with Gasteiger partial charge in [-0.05, 0) is 26.8 Å². The number of benzene rings is 1. The van der Waals surface area contributed by atoms with Crippen molar-refractivity contribution in [1.82, 2.24) is 5.32 Å². The molecule has 0 bridgehead atoms. The van der Waals surface area contributed by atoms with E-state index >= 15 is 0 Å². The number of carbonyl (C=O) groups is 3. The van der Waals surface area contributed by atoms with Crippen LogP contribution in [0.5, 0.6) is 5.75 Å². The highest BCUT2D eigenvalue weighted by Gasteiger charge is 2.39. The van der Waals surface area contributed by atoms with Gasteiger partial charge in [0.1, 0.15) is 5.75 Å². The molecule has 1 aromatic rings. The highest BCUT2D eigenvalue weighted by atomic mass is 16.6. The van der Waals surface area contributed by atoms with Crippen LogP contribution in [0, 0.1) is 0 Å². The molecule has 0 saturated carbocycles. The molecule has 0 atom stereocenters. The summed E-state index contributed by atoms with van der Waals surface area (Å²) in [5, 5.41) is 3.04. The number of methoxy groups -OCH3 is 2. The second-order valence-corrected chi connectivity index (χ2v) is 6.25. The zero-order chi connectivity index (χ0) is 21.6. The van der Waals surface area contributed by atoms with Gasteiger partial charge in [0.25, 0.3) is 0 Å². The standard InChI is InChI=1S/C21H25NO7/c1-6-28-16(23)11-29-15-10-8-7-9-14(15)19-17(20(24)26-4)12(2)22-13(3)18(19)21(25)27-5/h7-10,19,22H,6,11H2,1-5H3. The highest BCUT2D eigenvalue weighted by molar-refractivity contribution is 6.00. The fourth-order valence-corrected chi connectivity index (χ4v) is 3.26. The first-order valence-corrected chi connectivity index (χ1v) is 9.08. The Morgan fingerprint density at radius 3 is 2.03 bits per heavy atom. The number of hydrogen-bond donors (Lipinski definition) is 1. The molecule has 29 heavy (non-hydrogen) atoms. The van der Waals surface area contributed by atoms with Crippen molar-refractivity contribution in [2.24, 2.45) is 0 Å². The molecule has 0 amide bonds. The molecule has 2 rings (SSSR count). The van der Waals surface area contributed by atoms with Crippen molar-refractivity contribution in [1.29, 1.82) is 0 Å². The van der Waals surface area contributed by atoms with Crippen LogP contribution in [-0.4, -0.2) is 45.3 Å². The first kappa shape index (κ1) is 22.0. The number of esters is 3. The fraction of sp³-hybridized carbons (Fsp3) is 0.381. The summed E-state index contributed by atoms with van der Waals surface area (Å²) in [5.41, 5.74) is 2.13. The lowest BCUT2D eigenvalue weighted by atomic mass is 9.80. The molecule has 0 aliphatic carbocycles. The average molecular weight is 403 g/mol. The van der Waals surface area contributed by atoms with Crippen LogP contribution < -0.4 is 10.1 Å². The average Bonchev–Trinajstić information content (AvgIpc) is 2.71. The maximum Gasteiger partial charge on any atom is 0.344 e. The van der Waals surface area contributed by atoms with Crippen LogP contribution in [0.25, 0.3) is 0 Å². The van der Waals surface area contributed by atoms with Crippen molar-refractivity contribution in [3.63, 3.8) is 0 Å². The zero-order valence-electron chi connectivity index (χ0n) is 17.2. The third kappa shape index (κ3) is 4.77. The Morgan fingerprint density at radius 1 is 0.966 bits per heavy atom. The lowest BCUT2D eigenvalue weighted by Crippen LogP contribution is -2.32. The predicted octanol–water partition coefficient (Wildman–Crippen LogP) is 2.21. The summed E-state index contributed by atoms with van der Waals surface area (Å²) in [4.78, 5) is 36.9. The molecule has 0 radical (unpaired) electrons. The number of dihydropyridines is 1. The molecule has 1 aliphatic rings. The summed E-state index contributed by atoms with van der Waals surface area (Å²) in [7, 11) is 2.54. The predicted molar refractivity (Wildman–Crippen MR) is 104 cm³/mol. The van der Waals surface area contributed by atoms with Crippen LogP contribution in [0.2, 0.25) is 0 Å². The molecule has 0 saturated heterocycles. The van der Waals surface area contributed by atoms with Gasteiger partial charge in [0.2, 0.25) is 0 Å².